The standard InChI is InChI=1S/C27H35N3O.C2H6/c1-4-21-15-20(2)16-24(17-21)19-30(3)18-23-11-9-22(10-12-23)13-14-27(31)29-26-8-6-5-7-25(26)28;1-2/h5-14,21,24H,2,4,15-19,28H2,1,3H3,(H,29,31);1-2H3/b14-13+;. The van der Waals surface area contributed by atoms with Crippen LogP contribution in [0.5, 0.6) is 0 Å². The average molecular weight is 448 g/mol. The molecule has 178 valence electrons. The number of nitrogens with two attached hydrogens (primary N) is 1. The van der Waals surface area contributed by atoms with Gasteiger partial charge in [-0.15, -0.1) is 0 Å². The zero-order chi connectivity index (χ0) is 24.2. The fourth-order valence-corrected chi connectivity index (χ4v) is 4.50. The molecule has 0 aliphatic heterocycles. The number of carbonyl (C=O) groups is 1. The monoisotopic (exact) mass is 447 g/mol. The Morgan fingerprint density at radius 1 is 1.12 bits per heavy atom. The normalized spacial score (nSPS) is 18.2. The minimum Gasteiger partial charge on any atom is -0.397 e. The number of para-hydroxylation sites is 2. The van der Waals surface area contributed by atoms with E-state index in [-0.39, 0.29) is 5.91 Å². The summed E-state index contributed by atoms with van der Waals surface area (Å²) in [6, 6.07) is 15.6. The molecule has 3 rings (SSSR count). The Kier molecular flexibility index (Phi) is 10.9. The molecule has 4 heteroatoms. The maximum atomic E-state index is 12.1. The van der Waals surface area contributed by atoms with Crippen LogP contribution >= 0.6 is 0 Å². The van der Waals surface area contributed by atoms with Gasteiger partial charge in [0.25, 0.3) is 0 Å². The molecular weight excluding hydrogens is 406 g/mol. The van der Waals surface area contributed by atoms with Crippen molar-refractivity contribution < 1.29 is 4.79 Å². The molecule has 0 saturated heterocycles. The summed E-state index contributed by atoms with van der Waals surface area (Å²) in [5, 5.41) is 2.80. The SMILES string of the molecule is C=C1CC(CC)CC(CN(C)Cc2ccc(/C=C/C(=O)Nc3ccccc3N)cc2)C1.CC. The summed E-state index contributed by atoms with van der Waals surface area (Å²) in [5.74, 6) is 1.33. The summed E-state index contributed by atoms with van der Waals surface area (Å²) in [6.45, 7) is 12.6. The summed E-state index contributed by atoms with van der Waals surface area (Å²) in [7, 11) is 2.20. The van der Waals surface area contributed by atoms with Crippen LogP contribution in [-0.2, 0) is 11.3 Å². The van der Waals surface area contributed by atoms with E-state index in [1.165, 1.54) is 42.9 Å². The molecule has 4 nitrogen and oxygen atoms in total. The van der Waals surface area contributed by atoms with Crippen molar-refractivity contribution in [2.45, 2.75) is 53.0 Å². The van der Waals surface area contributed by atoms with Gasteiger partial charge in [0.1, 0.15) is 0 Å². The van der Waals surface area contributed by atoms with Gasteiger partial charge in [-0.1, -0.05) is 75.7 Å². The molecule has 0 heterocycles. The molecule has 2 aromatic rings. The zero-order valence-electron chi connectivity index (χ0n) is 20.8. The van der Waals surface area contributed by atoms with Crippen molar-refractivity contribution in [1.29, 1.82) is 0 Å². The summed E-state index contributed by atoms with van der Waals surface area (Å²) in [5.41, 5.74) is 10.7. The number of nitrogens with zero attached hydrogens (tertiary/aromatic N) is 1. The van der Waals surface area contributed by atoms with Crippen molar-refractivity contribution in [3.8, 4) is 0 Å². The highest BCUT2D eigenvalue weighted by Crippen LogP contribution is 2.34. The van der Waals surface area contributed by atoms with E-state index in [2.05, 4.69) is 55.0 Å². The summed E-state index contributed by atoms with van der Waals surface area (Å²) >= 11 is 0. The highest BCUT2D eigenvalue weighted by molar-refractivity contribution is 6.03. The topological polar surface area (TPSA) is 58.4 Å². The van der Waals surface area contributed by atoms with E-state index >= 15 is 0 Å². The van der Waals surface area contributed by atoms with Crippen molar-refractivity contribution in [3.63, 3.8) is 0 Å². The van der Waals surface area contributed by atoms with Crippen LogP contribution in [0.25, 0.3) is 6.08 Å². The molecule has 2 aromatic carbocycles. The van der Waals surface area contributed by atoms with E-state index in [9.17, 15) is 4.79 Å². The Labute approximate surface area is 200 Å². The molecule has 0 bridgehead atoms. The third-order valence-corrected chi connectivity index (χ3v) is 6.05. The molecule has 3 N–H and O–H groups in total. The van der Waals surface area contributed by atoms with Gasteiger partial charge in [0, 0.05) is 19.2 Å². The molecule has 0 spiro atoms. The van der Waals surface area contributed by atoms with Crippen LogP contribution in [0.3, 0.4) is 0 Å². The first-order chi connectivity index (χ1) is 15.9. The predicted octanol–water partition coefficient (Wildman–Crippen LogP) is 6.76. The second kappa shape index (κ2) is 13.6. The minimum atomic E-state index is -0.193. The molecule has 1 aliphatic carbocycles. The van der Waals surface area contributed by atoms with E-state index < -0.39 is 0 Å². The summed E-state index contributed by atoms with van der Waals surface area (Å²) in [6.07, 6.45) is 8.31. The molecular formula is C29H41N3O. The fraction of sp³-hybridized carbons (Fsp3) is 0.414. The largest absolute Gasteiger partial charge is 0.397 e. The molecule has 2 unspecified atom stereocenters. The maximum Gasteiger partial charge on any atom is 0.248 e. The molecule has 2 atom stereocenters. The van der Waals surface area contributed by atoms with Crippen molar-refractivity contribution >= 4 is 23.4 Å². The van der Waals surface area contributed by atoms with Gasteiger partial charge in [-0.3, -0.25) is 4.79 Å². The molecule has 1 aliphatic rings. The van der Waals surface area contributed by atoms with Crippen molar-refractivity contribution in [1.82, 2.24) is 4.90 Å². The number of carbonyl (C=O) groups excluding carboxylic acids is 1. The van der Waals surface area contributed by atoms with E-state index in [1.54, 1.807) is 12.1 Å². The van der Waals surface area contributed by atoms with Crippen LogP contribution < -0.4 is 11.1 Å². The average Bonchev–Trinajstić information content (AvgIpc) is 2.81. The molecule has 1 fully saturated rings. The highest BCUT2D eigenvalue weighted by atomic mass is 16.1. The minimum absolute atomic E-state index is 0.193. The fourth-order valence-electron chi connectivity index (χ4n) is 4.50. The van der Waals surface area contributed by atoms with Gasteiger partial charge in [0.15, 0.2) is 0 Å². The molecule has 1 amide bonds. The number of hydrogen-bond donors (Lipinski definition) is 2. The number of benzene rings is 2. The number of hydrogen-bond acceptors (Lipinski definition) is 3. The van der Waals surface area contributed by atoms with Gasteiger partial charge in [-0.25, -0.2) is 0 Å². The van der Waals surface area contributed by atoms with Gasteiger partial charge in [-0.2, -0.15) is 0 Å². The quantitative estimate of drug-likeness (QED) is 0.267. The van der Waals surface area contributed by atoms with Crippen LogP contribution in [0.2, 0.25) is 0 Å². The Balaban J connectivity index is 0.00000187. The number of anilines is 2. The Morgan fingerprint density at radius 2 is 1.79 bits per heavy atom. The van der Waals surface area contributed by atoms with Crippen LogP contribution in [0.1, 0.15) is 57.6 Å². The summed E-state index contributed by atoms with van der Waals surface area (Å²) < 4.78 is 0. The van der Waals surface area contributed by atoms with E-state index in [1.807, 2.05) is 32.1 Å². The third-order valence-electron chi connectivity index (χ3n) is 6.05. The lowest BCUT2D eigenvalue weighted by molar-refractivity contribution is -0.111. The van der Waals surface area contributed by atoms with Crippen LogP contribution in [0, 0.1) is 11.8 Å². The first-order valence-electron chi connectivity index (χ1n) is 12.2. The lowest BCUT2D eigenvalue weighted by atomic mass is 9.77. The van der Waals surface area contributed by atoms with Crippen LogP contribution in [0.15, 0.2) is 66.8 Å². The molecule has 0 aromatic heterocycles. The van der Waals surface area contributed by atoms with E-state index in [0.29, 0.717) is 11.4 Å². The Hall–Kier alpha value is -2.85. The zero-order valence-corrected chi connectivity index (χ0v) is 20.8. The predicted molar refractivity (Wildman–Crippen MR) is 143 cm³/mol. The summed E-state index contributed by atoms with van der Waals surface area (Å²) in [4.78, 5) is 14.6. The van der Waals surface area contributed by atoms with E-state index in [0.717, 1.165) is 30.5 Å². The second-order valence-electron chi connectivity index (χ2n) is 8.88. The number of nitrogens with one attached hydrogen (secondary N) is 1. The van der Waals surface area contributed by atoms with Crippen LogP contribution in [-0.4, -0.2) is 24.4 Å². The van der Waals surface area contributed by atoms with Gasteiger partial charge in [0.2, 0.25) is 5.91 Å². The lowest BCUT2D eigenvalue weighted by Gasteiger charge is -2.32. The van der Waals surface area contributed by atoms with Gasteiger partial charge in [-0.05, 0) is 67.5 Å². The maximum absolute atomic E-state index is 12.1. The van der Waals surface area contributed by atoms with E-state index in [4.69, 9.17) is 5.73 Å². The molecule has 0 radical (unpaired) electrons. The van der Waals surface area contributed by atoms with Gasteiger partial charge >= 0.3 is 0 Å². The smallest absolute Gasteiger partial charge is 0.248 e. The van der Waals surface area contributed by atoms with Crippen LogP contribution in [0.4, 0.5) is 11.4 Å². The first-order valence-corrected chi connectivity index (χ1v) is 12.2. The number of rotatable bonds is 8. The molecule has 33 heavy (non-hydrogen) atoms. The number of nitrogen functional groups attached to an aromatic ring is 1. The Morgan fingerprint density at radius 3 is 2.45 bits per heavy atom. The van der Waals surface area contributed by atoms with Crippen molar-refractivity contribution in [2.24, 2.45) is 11.8 Å². The van der Waals surface area contributed by atoms with Crippen molar-refractivity contribution in [2.75, 3.05) is 24.6 Å². The van der Waals surface area contributed by atoms with Crippen molar-refractivity contribution in [3.05, 3.63) is 77.9 Å². The van der Waals surface area contributed by atoms with Gasteiger partial charge < -0.3 is 16.0 Å². The number of amides is 1. The Bertz CT molecular complexity index is 917. The third kappa shape index (κ3) is 8.89. The lowest BCUT2D eigenvalue weighted by Crippen LogP contribution is -2.29. The molecule has 1 saturated carbocycles. The second-order valence-corrected chi connectivity index (χ2v) is 8.88. The highest BCUT2D eigenvalue weighted by Gasteiger charge is 2.23. The van der Waals surface area contributed by atoms with Gasteiger partial charge in [0.05, 0.1) is 11.4 Å². The number of allylic oxidation sites excluding steroid dienone is 1. The first kappa shape index (κ1) is 26.4.